The third kappa shape index (κ3) is 2.88. The molecule has 0 fully saturated rings. The first-order valence-electron chi connectivity index (χ1n) is 6.29. The number of sulfonamides is 1. The lowest BCUT2D eigenvalue weighted by Crippen LogP contribution is -2.13. The summed E-state index contributed by atoms with van der Waals surface area (Å²) in [6, 6.07) is 13.7. The van der Waals surface area contributed by atoms with Crippen molar-refractivity contribution in [2.24, 2.45) is 0 Å². The maximum atomic E-state index is 12.5. The second-order valence-electron chi connectivity index (χ2n) is 4.53. The van der Waals surface area contributed by atoms with Crippen molar-refractivity contribution in [3.8, 4) is 0 Å². The number of rotatable bonds is 3. The van der Waals surface area contributed by atoms with Crippen LogP contribution in [0.25, 0.3) is 10.9 Å². The van der Waals surface area contributed by atoms with Crippen molar-refractivity contribution in [3.63, 3.8) is 0 Å². The highest BCUT2D eigenvalue weighted by Gasteiger charge is 2.18. The molecule has 2 aromatic carbocycles. The number of nitrogens with one attached hydrogen (secondary N) is 1. The Kier molecular flexibility index (Phi) is 4.20. The zero-order valence-corrected chi connectivity index (χ0v) is 15.1. The molecular weight excluding hydrogens is 432 g/mol. The molecule has 0 unspecified atom stereocenters. The predicted octanol–water partition coefficient (Wildman–Crippen LogP) is 4.56. The number of benzene rings is 2. The summed E-state index contributed by atoms with van der Waals surface area (Å²) in [5.74, 6) is 0. The van der Waals surface area contributed by atoms with Crippen molar-refractivity contribution in [2.75, 3.05) is 4.72 Å². The monoisotopic (exact) mass is 440 g/mol. The Hall–Kier alpha value is -1.44. The molecule has 4 nitrogen and oxygen atoms in total. The van der Waals surface area contributed by atoms with Gasteiger partial charge in [-0.25, -0.2) is 8.42 Å². The second-order valence-corrected chi connectivity index (χ2v) is 7.92. The number of hydrogen-bond acceptors (Lipinski definition) is 3. The van der Waals surface area contributed by atoms with Gasteiger partial charge >= 0.3 is 0 Å². The Morgan fingerprint density at radius 1 is 0.955 bits per heavy atom. The molecule has 22 heavy (non-hydrogen) atoms. The van der Waals surface area contributed by atoms with Crippen molar-refractivity contribution in [1.29, 1.82) is 0 Å². The summed E-state index contributed by atoms with van der Waals surface area (Å²) < 4.78 is 29.1. The fraction of sp³-hybridized carbons (Fsp3) is 0. The number of pyridine rings is 1. The van der Waals surface area contributed by atoms with E-state index in [1.807, 2.05) is 6.07 Å². The van der Waals surface area contributed by atoms with Crippen LogP contribution in [0.4, 0.5) is 5.69 Å². The quantitative estimate of drug-likeness (QED) is 0.647. The van der Waals surface area contributed by atoms with E-state index in [4.69, 9.17) is 0 Å². The fourth-order valence-electron chi connectivity index (χ4n) is 2.06. The fourth-order valence-corrected chi connectivity index (χ4v) is 4.67. The average Bonchev–Trinajstić information content (AvgIpc) is 2.52. The minimum absolute atomic E-state index is 0.203. The maximum absolute atomic E-state index is 12.5. The lowest BCUT2D eigenvalue weighted by Gasteiger charge is -2.13. The van der Waals surface area contributed by atoms with Crippen LogP contribution < -0.4 is 4.72 Å². The van der Waals surface area contributed by atoms with Crippen molar-refractivity contribution in [1.82, 2.24) is 4.98 Å². The molecule has 112 valence electrons. The molecule has 0 aliphatic heterocycles. The number of anilines is 1. The minimum Gasteiger partial charge on any atom is -0.276 e. The normalized spacial score (nSPS) is 11.5. The smallest absolute Gasteiger partial charge is 0.261 e. The lowest BCUT2D eigenvalue weighted by atomic mass is 10.2. The molecule has 3 aromatic rings. The van der Waals surface area contributed by atoms with Gasteiger partial charge in [0.25, 0.3) is 10.0 Å². The second kappa shape index (κ2) is 5.98. The highest BCUT2D eigenvalue weighted by atomic mass is 79.9. The van der Waals surface area contributed by atoms with Gasteiger partial charge < -0.3 is 0 Å². The van der Waals surface area contributed by atoms with Gasteiger partial charge in [0.05, 0.1) is 16.1 Å². The van der Waals surface area contributed by atoms with E-state index in [-0.39, 0.29) is 4.90 Å². The zero-order valence-electron chi connectivity index (χ0n) is 11.1. The molecule has 3 rings (SSSR count). The molecule has 1 N–H and O–H groups in total. The van der Waals surface area contributed by atoms with Crippen molar-refractivity contribution >= 4 is 58.5 Å². The van der Waals surface area contributed by atoms with Crippen molar-refractivity contribution < 1.29 is 8.42 Å². The molecule has 0 bridgehead atoms. The van der Waals surface area contributed by atoms with Crippen LogP contribution >= 0.6 is 31.9 Å². The first-order chi connectivity index (χ1) is 10.5. The van der Waals surface area contributed by atoms with Crippen LogP contribution in [0.1, 0.15) is 0 Å². The molecule has 0 aliphatic rings. The SMILES string of the molecule is O=S(=O)(Nc1c(Br)cc(Br)c2cccnc12)c1ccccc1. The molecule has 0 radical (unpaired) electrons. The summed E-state index contributed by atoms with van der Waals surface area (Å²) in [7, 11) is -3.68. The van der Waals surface area contributed by atoms with Gasteiger partial charge in [0.2, 0.25) is 0 Å². The Balaban J connectivity index is 2.16. The highest BCUT2D eigenvalue weighted by Crippen LogP contribution is 2.36. The molecule has 0 spiro atoms. The summed E-state index contributed by atoms with van der Waals surface area (Å²) in [4.78, 5) is 4.50. The van der Waals surface area contributed by atoms with E-state index in [9.17, 15) is 8.42 Å². The zero-order chi connectivity index (χ0) is 15.7. The maximum Gasteiger partial charge on any atom is 0.261 e. The van der Waals surface area contributed by atoms with Crippen LogP contribution in [0.5, 0.6) is 0 Å². The van der Waals surface area contributed by atoms with E-state index in [0.717, 1.165) is 9.86 Å². The van der Waals surface area contributed by atoms with E-state index < -0.39 is 10.0 Å². The molecule has 1 aromatic heterocycles. The van der Waals surface area contributed by atoms with E-state index in [1.165, 1.54) is 0 Å². The minimum atomic E-state index is -3.68. The van der Waals surface area contributed by atoms with Gasteiger partial charge in [-0.05, 0) is 40.2 Å². The van der Waals surface area contributed by atoms with Gasteiger partial charge in [-0.15, -0.1) is 0 Å². The van der Waals surface area contributed by atoms with E-state index in [2.05, 4.69) is 41.6 Å². The van der Waals surface area contributed by atoms with Gasteiger partial charge in [0.15, 0.2) is 0 Å². The molecule has 7 heteroatoms. The van der Waals surface area contributed by atoms with Crippen LogP contribution in [0, 0.1) is 0 Å². The number of halogens is 2. The Labute approximate surface area is 144 Å². The van der Waals surface area contributed by atoms with Crippen LogP contribution in [-0.4, -0.2) is 13.4 Å². The summed E-state index contributed by atoms with van der Waals surface area (Å²) in [5, 5.41) is 0.830. The topological polar surface area (TPSA) is 59.1 Å². The Morgan fingerprint density at radius 2 is 1.68 bits per heavy atom. The standard InChI is InChI=1S/C15H10Br2N2O2S/c16-12-9-13(17)15(14-11(12)7-4-8-18-14)19-22(20,21)10-5-2-1-3-6-10/h1-9,19H. The third-order valence-electron chi connectivity index (χ3n) is 3.08. The Morgan fingerprint density at radius 3 is 2.41 bits per heavy atom. The highest BCUT2D eigenvalue weighted by molar-refractivity contribution is 9.11. The molecule has 0 saturated carbocycles. The van der Waals surface area contributed by atoms with Crippen LogP contribution in [0.2, 0.25) is 0 Å². The van der Waals surface area contributed by atoms with Gasteiger partial charge in [0, 0.05) is 20.5 Å². The summed E-state index contributed by atoms with van der Waals surface area (Å²) >= 11 is 6.86. The summed E-state index contributed by atoms with van der Waals surface area (Å²) in [5.41, 5.74) is 0.992. The van der Waals surface area contributed by atoms with Crippen LogP contribution in [0.15, 0.2) is 68.6 Å². The van der Waals surface area contributed by atoms with Gasteiger partial charge in [-0.2, -0.15) is 0 Å². The average molecular weight is 442 g/mol. The van der Waals surface area contributed by atoms with Gasteiger partial charge in [-0.3, -0.25) is 9.71 Å². The molecule has 0 aliphatic carbocycles. The first-order valence-corrected chi connectivity index (χ1v) is 9.36. The summed E-state index contributed by atoms with van der Waals surface area (Å²) in [6.07, 6.45) is 1.63. The van der Waals surface area contributed by atoms with Crippen molar-refractivity contribution in [2.45, 2.75) is 4.90 Å². The first kappa shape index (κ1) is 15.5. The van der Waals surface area contributed by atoms with Gasteiger partial charge in [-0.1, -0.05) is 40.2 Å². The van der Waals surface area contributed by atoms with Gasteiger partial charge in [0.1, 0.15) is 0 Å². The number of aromatic nitrogens is 1. The summed E-state index contributed by atoms with van der Waals surface area (Å²) in [6.45, 7) is 0. The van der Waals surface area contributed by atoms with E-state index >= 15 is 0 Å². The van der Waals surface area contributed by atoms with Crippen LogP contribution in [-0.2, 0) is 10.0 Å². The van der Waals surface area contributed by atoms with Crippen molar-refractivity contribution in [3.05, 3.63) is 63.7 Å². The molecular formula is C15H10Br2N2O2S. The van der Waals surface area contributed by atoms with Crippen LogP contribution in [0.3, 0.4) is 0 Å². The molecule has 1 heterocycles. The predicted molar refractivity (Wildman–Crippen MR) is 94.4 cm³/mol. The lowest BCUT2D eigenvalue weighted by molar-refractivity contribution is 0.601. The number of nitrogens with zero attached hydrogens (tertiary/aromatic N) is 1. The van der Waals surface area contributed by atoms with E-state index in [1.54, 1.807) is 48.7 Å². The molecule has 0 atom stereocenters. The number of fused-ring (bicyclic) bond motifs is 1. The number of hydrogen-bond donors (Lipinski definition) is 1. The Bertz CT molecular complexity index is 944. The van der Waals surface area contributed by atoms with E-state index in [0.29, 0.717) is 15.7 Å². The third-order valence-corrected chi connectivity index (χ3v) is 5.73. The molecule has 0 amide bonds. The molecule has 0 saturated heterocycles. The largest absolute Gasteiger partial charge is 0.276 e.